The van der Waals surface area contributed by atoms with Gasteiger partial charge in [0.05, 0.1) is 12.2 Å². The zero-order chi connectivity index (χ0) is 26.5. The summed E-state index contributed by atoms with van der Waals surface area (Å²) in [6.07, 6.45) is 8.06. The average Bonchev–Trinajstić information content (AvgIpc) is 2.79. The van der Waals surface area contributed by atoms with Crippen LogP contribution in [0, 0.1) is 56.7 Å². The molecule has 5 rings (SSSR count). The van der Waals surface area contributed by atoms with Gasteiger partial charge in [0, 0.05) is 17.3 Å². The highest BCUT2D eigenvalue weighted by Crippen LogP contribution is 2.75. The lowest BCUT2D eigenvalue weighted by atomic mass is 9.33. The molecule has 4 fully saturated rings. The van der Waals surface area contributed by atoms with Gasteiger partial charge in [0.1, 0.15) is 6.61 Å². The molecule has 36 heavy (non-hydrogen) atoms. The molecular formula is C31H50O5. The van der Waals surface area contributed by atoms with Crippen LogP contribution in [-0.4, -0.2) is 40.3 Å². The summed E-state index contributed by atoms with van der Waals surface area (Å²) >= 11 is 0. The maximum absolute atomic E-state index is 11.8. The van der Waals surface area contributed by atoms with Crippen LogP contribution in [0.15, 0.2) is 11.6 Å². The number of fused-ring (bicyclic) bond motifs is 7. The molecule has 11 atom stereocenters. The van der Waals surface area contributed by atoms with Crippen LogP contribution in [0.2, 0.25) is 0 Å². The number of ether oxygens (including phenoxy) is 1. The van der Waals surface area contributed by atoms with Gasteiger partial charge >= 0.3 is 6.16 Å². The van der Waals surface area contributed by atoms with Crippen LogP contribution in [0.3, 0.4) is 0 Å². The molecule has 0 heterocycles. The average molecular weight is 503 g/mol. The first-order valence-electron chi connectivity index (χ1n) is 14.6. The van der Waals surface area contributed by atoms with E-state index in [0.29, 0.717) is 24.2 Å². The Balaban J connectivity index is 1.66. The number of hydrogen-bond acceptors (Lipinski definition) is 4. The van der Waals surface area contributed by atoms with Crippen LogP contribution in [0.1, 0.15) is 99.8 Å². The van der Waals surface area contributed by atoms with Crippen LogP contribution < -0.4 is 0 Å². The van der Waals surface area contributed by atoms with Crippen molar-refractivity contribution in [2.75, 3.05) is 6.61 Å². The van der Waals surface area contributed by atoms with Crippen LogP contribution >= 0.6 is 0 Å². The molecule has 5 aliphatic rings. The summed E-state index contributed by atoms with van der Waals surface area (Å²) in [4.78, 5) is 11.8. The van der Waals surface area contributed by atoms with E-state index in [2.05, 4.69) is 54.5 Å². The van der Waals surface area contributed by atoms with Gasteiger partial charge < -0.3 is 20.1 Å². The predicted molar refractivity (Wildman–Crippen MR) is 140 cm³/mol. The normalized spacial score (nSPS) is 53.7. The zero-order valence-corrected chi connectivity index (χ0v) is 23.6. The summed E-state index contributed by atoms with van der Waals surface area (Å²) in [7, 11) is 0. The Kier molecular flexibility index (Phi) is 6.05. The molecule has 0 amide bonds. The van der Waals surface area contributed by atoms with E-state index in [0.717, 1.165) is 32.1 Å². The molecule has 5 aliphatic carbocycles. The maximum Gasteiger partial charge on any atom is 0.505 e. The fourth-order valence-corrected chi connectivity index (χ4v) is 11.1. The number of aliphatic hydroxyl groups is 2. The summed E-state index contributed by atoms with van der Waals surface area (Å²) in [6.45, 7) is 16.5. The fourth-order valence-electron chi connectivity index (χ4n) is 11.1. The Morgan fingerprint density at radius 3 is 2.33 bits per heavy atom. The van der Waals surface area contributed by atoms with E-state index in [1.165, 1.54) is 18.4 Å². The van der Waals surface area contributed by atoms with Gasteiger partial charge in [-0.2, -0.15) is 0 Å². The molecule has 0 bridgehead atoms. The van der Waals surface area contributed by atoms with Crippen LogP contribution in [0.5, 0.6) is 0 Å². The third-order valence-electron chi connectivity index (χ3n) is 13.6. The van der Waals surface area contributed by atoms with E-state index in [1.54, 1.807) is 0 Å². The molecule has 5 nitrogen and oxygen atoms in total. The van der Waals surface area contributed by atoms with Crippen molar-refractivity contribution in [3.63, 3.8) is 0 Å². The van der Waals surface area contributed by atoms with Crippen molar-refractivity contribution in [3.8, 4) is 0 Å². The molecule has 0 aromatic rings. The second-order valence-electron chi connectivity index (χ2n) is 15.1. The molecule has 0 aromatic carbocycles. The summed E-state index contributed by atoms with van der Waals surface area (Å²) in [5.74, 6) is 2.09. The SMILES string of the molecule is C[C@H]1[C@H](C)CC[C@]2(C)CC[C@]3(COC(=O)O)C(=CC[C@@H]4[C@]5(C)C(CC[C@]43C)C(C)(C)[C@@H](O)C[C@H]5O)[C@H]12. The zero-order valence-electron chi connectivity index (χ0n) is 23.6. The van der Waals surface area contributed by atoms with Gasteiger partial charge in [0.2, 0.25) is 0 Å². The topological polar surface area (TPSA) is 87.0 Å². The van der Waals surface area contributed by atoms with Crippen molar-refractivity contribution in [3.05, 3.63) is 11.6 Å². The molecular weight excluding hydrogens is 452 g/mol. The quantitative estimate of drug-likeness (QED) is 0.290. The molecule has 4 saturated carbocycles. The third-order valence-corrected chi connectivity index (χ3v) is 13.6. The van der Waals surface area contributed by atoms with Gasteiger partial charge in [-0.1, -0.05) is 60.1 Å². The van der Waals surface area contributed by atoms with E-state index in [9.17, 15) is 20.1 Å². The highest BCUT2D eigenvalue weighted by atomic mass is 16.7. The highest BCUT2D eigenvalue weighted by molar-refractivity contribution is 5.57. The van der Waals surface area contributed by atoms with Crippen molar-refractivity contribution < 1.29 is 24.9 Å². The first-order chi connectivity index (χ1) is 16.6. The van der Waals surface area contributed by atoms with Crippen molar-refractivity contribution in [1.29, 1.82) is 0 Å². The van der Waals surface area contributed by atoms with Crippen LogP contribution in [0.4, 0.5) is 4.79 Å². The van der Waals surface area contributed by atoms with Gasteiger partial charge in [-0.05, 0) is 90.8 Å². The lowest BCUT2D eigenvalue weighted by Gasteiger charge is -2.72. The van der Waals surface area contributed by atoms with E-state index in [4.69, 9.17) is 4.74 Å². The second kappa shape index (κ2) is 8.21. The van der Waals surface area contributed by atoms with Gasteiger partial charge in [-0.15, -0.1) is 0 Å². The molecule has 0 aromatic heterocycles. The van der Waals surface area contributed by atoms with E-state index >= 15 is 0 Å². The van der Waals surface area contributed by atoms with E-state index in [1.807, 2.05) is 0 Å². The first kappa shape index (κ1) is 26.5. The maximum atomic E-state index is 11.8. The number of carboxylic acid groups (broad SMARTS) is 1. The molecule has 0 saturated heterocycles. The predicted octanol–water partition coefficient (Wildman–Crippen LogP) is 6.67. The van der Waals surface area contributed by atoms with Gasteiger partial charge in [-0.3, -0.25) is 0 Å². The standard InChI is InChI=1S/C31H50O5/c1-18-10-12-28(5)14-15-31(17-36-26(34)35)20(25(28)19(18)2)8-9-22-29(31,6)13-11-21-27(3,4)23(32)16-24(33)30(21,22)7/h8,18-19,21-25,32-33H,9-17H2,1-7H3,(H,34,35)/t18-,19+,21?,22+,23+,24-,25+,28-,29-,30+,31+/m1/s1. The van der Waals surface area contributed by atoms with Crippen molar-refractivity contribution in [2.24, 2.45) is 56.7 Å². The Morgan fingerprint density at radius 2 is 1.67 bits per heavy atom. The molecule has 204 valence electrons. The van der Waals surface area contributed by atoms with Crippen molar-refractivity contribution in [2.45, 2.75) is 112 Å². The Hall–Kier alpha value is -1.07. The third kappa shape index (κ3) is 3.23. The Labute approximate surface area is 218 Å². The van der Waals surface area contributed by atoms with E-state index < -0.39 is 18.4 Å². The van der Waals surface area contributed by atoms with Crippen LogP contribution in [-0.2, 0) is 4.74 Å². The van der Waals surface area contributed by atoms with Crippen molar-refractivity contribution in [1.82, 2.24) is 0 Å². The minimum atomic E-state index is -1.19. The lowest BCUT2D eigenvalue weighted by Crippen LogP contribution is -2.69. The summed E-state index contributed by atoms with van der Waals surface area (Å²) in [6, 6.07) is 0. The summed E-state index contributed by atoms with van der Waals surface area (Å²) in [5, 5.41) is 32.2. The van der Waals surface area contributed by atoms with Crippen LogP contribution in [0.25, 0.3) is 0 Å². The van der Waals surface area contributed by atoms with Gasteiger partial charge in [-0.25, -0.2) is 4.79 Å². The first-order valence-corrected chi connectivity index (χ1v) is 14.6. The minimum Gasteiger partial charge on any atom is -0.450 e. The number of hydrogen-bond donors (Lipinski definition) is 3. The Morgan fingerprint density at radius 1 is 0.972 bits per heavy atom. The summed E-state index contributed by atoms with van der Waals surface area (Å²) in [5.41, 5.74) is 0.631. The molecule has 1 unspecified atom stereocenters. The minimum absolute atomic E-state index is 0.168. The van der Waals surface area contributed by atoms with Gasteiger partial charge in [0.15, 0.2) is 0 Å². The molecule has 0 radical (unpaired) electrons. The molecule has 0 spiro atoms. The molecule has 3 N–H and O–H groups in total. The fraction of sp³-hybridized carbons (Fsp3) is 0.903. The Bertz CT molecular complexity index is 941. The number of carbonyl (C=O) groups is 1. The van der Waals surface area contributed by atoms with Gasteiger partial charge in [0.25, 0.3) is 0 Å². The summed E-state index contributed by atoms with van der Waals surface area (Å²) < 4.78 is 5.56. The smallest absolute Gasteiger partial charge is 0.450 e. The molecule has 0 aliphatic heterocycles. The van der Waals surface area contributed by atoms with E-state index in [-0.39, 0.29) is 45.5 Å². The number of aliphatic hydroxyl groups excluding tert-OH is 2. The van der Waals surface area contributed by atoms with Crippen molar-refractivity contribution >= 4 is 6.16 Å². The lowest BCUT2D eigenvalue weighted by molar-refractivity contribution is -0.249. The number of allylic oxidation sites excluding steroid dienone is 1. The molecule has 5 heteroatoms. The monoisotopic (exact) mass is 502 g/mol. The largest absolute Gasteiger partial charge is 0.505 e. The number of rotatable bonds is 2. The highest BCUT2D eigenvalue weighted by Gasteiger charge is 2.71. The second-order valence-corrected chi connectivity index (χ2v) is 15.1.